The quantitative estimate of drug-likeness (QED) is 0.368. The van der Waals surface area contributed by atoms with E-state index in [4.69, 9.17) is 16.3 Å². The Bertz CT molecular complexity index is 965. The third kappa shape index (κ3) is 5.24. The maximum absolute atomic E-state index is 13.9. The van der Waals surface area contributed by atoms with Crippen molar-refractivity contribution in [3.8, 4) is 5.75 Å². The van der Waals surface area contributed by atoms with Crippen LogP contribution in [-0.2, 0) is 13.2 Å². The highest BCUT2D eigenvalue weighted by Gasteiger charge is 2.12. The van der Waals surface area contributed by atoms with Crippen LogP contribution in [0.25, 0.3) is 0 Å². The second-order valence-corrected chi connectivity index (χ2v) is 8.25. The van der Waals surface area contributed by atoms with E-state index >= 15 is 0 Å². The van der Waals surface area contributed by atoms with E-state index in [1.807, 2.05) is 37.3 Å². The highest BCUT2D eigenvalue weighted by Crippen LogP contribution is 2.34. The lowest BCUT2D eigenvalue weighted by molar-refractivity contribution is 0.295. The van der Waals surface area contributed by atoms with Crippen molar-refractivity contribution in [2.24, 2.45) is 0 Å². The third-order valence-corrected chi connectivity index (χ3v) is 5.52. The molecule has 0 amide bonds. The molecule has 0 bridgehead atoms. The molecule has 0 aliphatic carbocycles. The average Bonchev–Trinajstić information content (AvgIpc) is 2.63. The summed E-state index contributed by atoms with van der Waals surface area (Å²) in [5.41, 5.74) is 3.39. The molecule has 0 saturated heterocycles. The van der Waals surface area contributed by atoms with Crippen LogP contribution in [0.1, 0.15) is 16.7 Å². The molecule has 3 aromatic carbocycles. The average molecular weight is 514 g/mol. The lowest BCUT2D eigenvalue weighted by Gasteiger charge is -2.16. The number of anilines is 1. The molecule has 0 atom stereocenters. The highest BCUT2D eigenvalue weighted by atomic mass is 79.9. The molecule has 0 fully saturated rings. The van der Waals surface area contributed by atoms with Gasteiger partial charge in [-0.3, -0.25) is 0 Å². The predicted octanol–water partition coefficient (Wildman–Crippen LogP) is 7.50. The summed E-state index contributed by atoms with van der Waals surface area (Å²) in [4.78, 5) is 0. The molecule has 140 valence electrons. The van der Waals surface area contributed by atoms with Crippen molar-refractivity contribution in [2.75, 3.05) is 5.32 Å². The Morgan fingerprint density at radius 1 is 1.04 bits per heavy atom. The Morgan fingerprint density at radius 3 is 2.56 bits per heavy atom. The van der Waals surface area contributed by atoms with Gasteiger partial charge in [0.05, 0.1) is 4.47 Å². The first kappa shape index (κ1) is 20.2. The summed E-state index contributed by atoms with van der Waals surface area (Å²) in [5, 5.41) is 4.07. The molecule has 0 spiro atoms. The summed E-state index contributed by atoms with van der Waals surface area (Å²) >= 11 is 13.2. The molecule has 6 heteroatoms. The van der Waals surface area contributed by atoms with E-state index in [0.29, 0.717) is 22.9 Å². The maximum atomic E-state index is 13.9. The normalized spacial score (nSPS) is 10.7. The number of aryl methyl sites for hydroxylation is 1. The summed E-state index contributed by atoms with van der Waals surface area (Å²) in [5.74, 6) is 0.395. The molecule has 0 heterocycles. The van der Waals surface area contributed by atoms with Crippen molar-refractivity contribution in [3.63, 3.8) is 0 Å². The Balaban J connectivity index is 1.79. The van der Waals surface area contributed by atoms with Crippen molar-refractivity contribution in [2.45, 2.75) is 20.1 Å². The van der Waals surface area contributed by atoms with Crippen molar-refractivity contribution in [1.82, 2.24) is 0 Å². The fourth-order valence-electron chi connectivity index (χ4n) is 2.57. The summed E-state index contributed by atoms with van der Waals surface area (Å²) in [6, 6.07) is 16.3. The molecule has 0 saturated carbocycles. The minimum atomic E-state index is -0.278. The van der Waals surface area contributed by atoms with Crippen molar-refractivity contribution in [1.29, 1.82) is 0 Å². The lowest BCUT2D eigenvalue weighted by Crippen LogP contribution is -2.05. The second-order valence-electron chi connectivity index (χ2n) is 6.07. The topological polar surface area (TPSA) is 21.3 Å². The summed E-state index contributed by atoms with van der Waals surface area (Å²) in [7, 11) is 0. The predicted molar refractivity (Wildman–Crippen MR) is 116 cm³/mol. The van der Waals surface area contributed by atoms with Gasteiger partial charge in [-0.25, -0.2) is 4.39 Å². The summed E-state index contributed by atoms with van der Waals surface area (Å²) in [6.45, 7) is 2.65. The summed E-state index contributed by atoms with van der Waals surface area (Å²) in [6.07, 6.45) is 0. The number of halogens is 4. The Kier molecular flexibility index (Phi) is 6.79. The molecular formula is C21H17Br2ClFNO. The molecule has 0 radical (unpaired) electrons. The summed E-state index contributed by atoms with van der Waals surface area (Å²) < 4.78 is 21.5. The van der Waals surface area contributed by atoms with E-state index in [1.165, 1.54) is 6.07 Å². The van der Waals surface area contributed by atoms with Gasteiger partial charge in [0, 0.05) is 32.9 Å². The van der Waals surface area contributed by atoms with Crippen molar-refractivity contribution in [3.05, 3.63) is 91.1 Å². The van der Waals surface area contributed by atoms with Gasteiger partial charge in [0.1, 0.15) is 18.2 Å². The molecule has 3 rings (SSSR count). The van der Waals surface area contributed by atoms with Gasteiger partial charge < -0.3 is 10.1 Å². The van der Waals surface area contributed by atoms with E-state index in [1.54, 1.807) is 18.2 Å². The van der Waals surface area contributed by atoms with Crippen LogP contribution < -0.4 is 10.1 Å². The van der Waals surface area contributed by atoms with Crippen LogP contribution in [0.4, 0.5) is 10.1 Å². The molecule has 0 aliphatic rings. The van der Waals surface area contributed by atoms with Crippen LogP contribution in [0.3, 0.4) is 0 Å². The number of ether oxygens (including phenoxy) is 1. The van der Waals surface area contributed by atoms with Gasteiger partial charge in [-0.15, -0.1) is 0 Å². The van der Waals surface area contributed by atoms with E-state index in [2.05, 4.69) is 37.2 Å². The highest BCUT2D eigenvalue weighted by molar-refractivity contribution is 9.11. The van der Waals surface area contributed by atoms with E-state index in [-0.39, 0.29) is 12.4 Å². The molecule has 0 unspecified atom stereocenters. The van der Waals surface area contributed by atoms with Gasteiger partial charge >= 0.3 is 0 Å². The Morgan fingerprint density at radius 2 is 1.81 bits per heavy atom. The standard InChI is InChI=1S/C21H17Br2ClFNO/c1-13-6-7-17(10-19(13)24)26-11-15-8-16(22)9-18(23)21(15)27-12-14-4-2-3-5-20(14)25/h2-10,26H,11-12H2,1H3. The molecule has 0 aromatic heterocycles. The number of hydrogen-bond acceptors (Lipinski definition) is 2. The minimum absolute atomic E-state index is 0.149. The molecule has 2 nitrogen and oxygen atoms in total. The Labute approximate surface area is 180 Å². The first-order valence-corrected chi connectivity index (χ1v) is 10.2. The van der Waals surface area contributed by atoms with Crippen molar-refractivity contribution >= 4 is 49.1 Å². The van der Waals surface area contributed by atoms with Crippen LogP contribution in [0.2, 0.25) is 5.02 Å². The molecule has 1 N–H and O–H groups in total. The van der Waals surface area contributed by atoms with E-state index in [9.17, 15) is 4.39 Å². The van der Waals surface area contributed by atoms with Gasteiger partial charge in [-0.2, -0.15) is 0 Å². The van der Waals surface area contributed by atoms with Crippen molar-refractivity contribution < 1.29 is 9.13 Å². The zero-order valence-electron chi connectivity index (χ0n) is 14.5. The third-order valence-electron chi connectivity index (χ3n) is 4.07. The van der Waals surface area contributed by atoms with Crippen LogP contribution >= 0.6 is 43.5 Å². The lowest BCUT2D eigenvalue weighted by atomic mass is 10.1. The fourth-order valence-corrected chi connectivity index (χ4v) is 4.18. The first-order valence-electron chi connectivity index (χ1n) is 8.28. The van der Waals surface area contributed by atoms with Crippen LogP contribution in [0.5, 0.6) is 5.75 Å². The minimum Gasteiger partial charge on any atom is -0.487 e. The largest absolute Gasteiger partial charge is 0.487 e. The van der Waals surface area contributed by atoms with Crippen LogP contribution in [0.15, 0.2) is 63.5 Å². The van der Waals surface area contributed by atoms with Gasteiger partial charge in [0.2, 0.25) is 0 Å². The zero-order valence-corrected chi connectivity index (χ0v) is 18.5. The molecule has 27 heavy (non-hydrogen) atoms. The van der Waals surface area contributed by atoms with Gasteiger partial charge in [0.15, 0.2) is 0 Å². The number of benzene rings is 3. The Hall–Kier alpha value is -1.56. The monoisotopic (exact) mass is 511 g/mol. The van der Waals surface area contributed by atoms with Gasteiger partial charge in [0.25, 0.3) is 0 Å². The van der Waals surface area contributed by atoms with Gasteiger partial charge in [-0.05, 0) is 58.7 Å². The van der Waals surface area contributed by atoms with E-state index < -0.39 is 0 Å². The number of rotatable bonds is 6. The maximum Gasteiger partial charge on any atom is 0.139 e. The molecular weight excluding hydrogens is 496 g/mol. The zero-order chi connectivity index (χ0) is 19.4. The number of hydrogen-bond donors (Lipinski definition) is 1. The molecule has 0 aliphatic heterocycles. The van der Waals surface area contributed by atoms with Gasteiger partial charge in [-0.1, -0.05) is 51.8 Å². The fraction of sp³-hybridized carbons (Fsp3) is 0.143. The van der Waals surface area contributed by atoms with Crippen LogP contribution in [0, 0.1) is 12.7 Å². The molecule has 3 aromatic rings. The van der Waals surface area contributed by atoms with Crippen LogP contribution in [-0.4, -0.2) is 0 Å². The SMILES string of the molecule is Cc1ccc(NCc2cc(Br)cc(Br)c2OCc2ccccc2F)cc1Cl. The second kappa shape index (κ2) is 9.09. The first-order chi connectivity index (χ1) is 12.9. The smallest absolute Gasteiger partial charge is 0.139 e. The number of nitrogens with one attached hydrogen (secondary N) is 1. The van der Waals surface area contributed by atoms with E-state index in [0.717, 1.165) is 25.8 Å².